The number of benzene rings is 1. The average molecular weight is 714 g/mol. The van der Waals surface area contributed by atoms with E-state index in [4.69, 9.17) is 16.3 Å². The lowest BCUT2D eigenvalue weighted by atomic mass is 9.80. The van der Waals surface area contributed by atoms with Crippen molar-refractivity contribution in [3.8, 4) is 22.8 Å². The molecule has 0 spiro atoms. The van der Waals surface area contributed by atoms with E-state index >= 15 is 0 Å². The molecular formula is C33H39ClF3N11O2. The Morgan fingerprint density at radius 1 is 1.08 bits per heavy atom. The van der Waals surface area contributed by atoms with Gasteiger partial charge in [-0.05, 0) is 68.8 Å². The van der Waals surface area contributed by atoms with Crippen LogP contribution in [0.15, 0.2) is 54.0 Å². The molecule has 50 heavy (non-hydrogen) atoms. The number of fused-ring (bicyclic) bond motifs is 4. The Labute approximate surface area is 291 Å². The molecule has 7 rings (SSSR count). The molecule has 0 aliphatic carbocycles. The molecule has 0 saturated carbocycles. The molecule has 266 valence electrons. The summed E-state index contributed by atoms with van der Waals surface area (Å²) in [6.45, 7) is 4.64. The van der Waals surface area contributed by atoms with E-state index in [0.717, 1.165) is 62.6 Å². The Hall–Kier alpha value is -4.12. The van der Waals surface area contributed by atoms with Gasteiger partial charge in [-0.3, -0.25) is 19.4 Å². The highest BCUT2D eigenvalue weighted by molar-refractivity contribution is 6.31. The first-order chi connectivity index (χ1) is 24.1. The zero-order valence-corrected chi connectivity index (χ0v) is 28.4. The second-order valence-electron chi connectivity index (χ2n) is 13.4. The number of nitrogens with one attached hydrogen (secondary N) is 3. The van der Waals surface area contributed by atoms with E-state index in [0.29, 0.717) is 34.1 Å². The lowest BCUT2D eigenvalue weighted by Crippen LogP contribution is -2.54. The Morgan fingerprint density at radius 3 is 2.72 bits per heavy atom. The standard InChI is InChI=1S/C33H39ClF3N11O2/c1-19-4-3-5-27(24-10-20(8-9-39-24)32-25(40-13-19)16-48(44-32)29-14-38-15-30(42-29)50-2)46-18-41-23(12-31(46)49)22-11-21(34)6-7-26(22)47-17-28(43-45-47)33(35,36)37/h6-7,11-12,14-15,17-20,24-25,27,32,39-40,44H,3-5,8-10,13,16H2,1-2H3/t19-,20?,24?,25?,27+,32?/m1/s1. The molecule has 17 heteroatoms. The molecule has 4 unspecified atom stereocenters. The number of hydrogen-bond acceptors (Lipinski definition) is 11. The number of hydrogen-bond donors (Lipinski definition) is 3. The van der Waals surface area contributed by atoms with Crippen LogP contribution in [0, 0.1) is 11.8 Å². The van der Waals surface area contributed by atoms with Gasteiger partial charge in [-0.2, -0.15) is 18.2 Å². The van der Waals surface area contributed by atoms with Gasteiger partial charge in [-0.25, -0.2) is 15.1 Å². The van der Waals surface area contributed by atoms with E-state index in [9.17, 15) is 18.0 Å². The molecule has 3 aromatic heterocycles. The molecule has 3 N–H and O–H groups in total. The van der Waals surface area contributed by atoms with Crippen LogP contribution in [-0.4, -0.2) is 79.4 Å². The Bertz CT molecular complexity index is 1870. The normalized spacial score (nSPS) is 26.2. The molecule has 4 aromatic rings. The minimum Gasteiger partial charge on any atom is -0.480 e. The van der Waals surface area contributed by atoms with Crippen LogP contribution in [0.5, 0.6) is 5.88 Å². The molecule has 6 atom stereocenters. The zero-order valence-electron chi connectivity index (χ0n) is 27.6. The second kappa shape index (κ2) is 14.2. The van der Waals surface area contributed by atoms with Crippen molar-refractivity contribution in [2.24, 2.45) is 11.8 Å². The summed E-state index contributed by atoms with van der Waals surface area (Å²) < 4.78 is 47.9. The number of aromatic nitrogens is 7. The molecule has 0 radical (unpaired) electrons. The van der Waals surface area contributed by atoms with Gasteiger partial charge in [0.15, 0.2) is 11.5 Å². The highest BCUT2D eigenvalue weighted by Crippen LogP contribution is 2.35. The first-order valence-corrected chi connectivity index (χ1v) is 17.2. The largest absolute Gasteiger partial charge is 0.480 e. The second-order valence-corrected chi connectivity index (χ2v) is 13.8. The van der Waals surface area contributed by atoms with Crippen LogP contribution >= 0.6 is 11.6 Å². The van der Waals surface area contributed by atoms with E-state index in [-0.39, 0.29) is 41.1 Å². The average Bonchev–Trinajstić information content (AvgIpc) is 3.78. The topological polar surface area (TPSA) is 140 Å². The summed E-state index contributed by atoms with van der Waals surface area (Å²) >= 11 is 6.31. The summed E-state index contributed by atoms with van der Waals surface area (Å²) in [5.41, 5.74) is 3.23. The number of nitrogens with zero attached hydrogens (tertiary/aromatic N) is 8. The molecule has 6 heterocycles. The summed E-state index contributed by atoms with van der Waals surface area (Å²) in [4.78, 5) is 27.5. The summed E-state index contributed by atoms with van der Waals surface area (Å²) in [5.74, 6) is 1.87. The third-order valence-corrected chi connectivity index (χ3v) is 10.3. The third kappa shape index (κ3) is 7.20. The minimum absolute atomic E-state index is 0.0135. The van der Waals surface area contributed by atoms with Crippen LogP contribution in [-0.2, 0) is 6.18 Å². The molecule has 1 aromatic carbocycles. The maximum atomic E-state index is 13.9. The highest BCUT2D eigenvalue weighted by atomic mass is 35.5. The van der Waals surface area contributed by atoms with Crippen molar-refractivity contribution in [1.29, 1.82) is 0 Å². The van der Waals surface area contributed by atoms with E-state index in [1.807, 2.05) is 0 Å². The van der Waals surface area contributed by atoms with Crippen molar-refractivity contribution in [2.45, 2.75) is 69.4 Å². The lowest BCUT2D eigenvalue weighted by Gasteiger charge is -2.40. The fourth-order valence-corrected chi connectivity index (χ4v) is 7.65. The van der Waals surface area contributed by atoms with Crippen molar-refractivity contribution >= 4 is 17.4 Å². The molecule has 3 aliphatic heterocycles. The van der Waals surface area contributed by atoms with Crippen LogP contribution in [0.2, 0.25) is 5.02 Å². The monoisotopic (exact) mass is 713 g/mol. The smallest absolute Gasteiger partial charge is 0.436 e. The van der Waals surface area contributed by atoms with Crippen LogP contribution in [0.4, 0.5) is 19.0 Å². The number of piperidine rings is 1. The number of ether oxygens (including phenoxy) is 1. The number of hydrazine groups is 1. The van der Waals surface area contributed by atoms with Gasteiger partial charge in [-0.1, -0.05) is 30.2 Å². The number of alkyl halides is 3. The highest BCUT2D eigenvalue weighted by Gasteiger charge is 2.42. The molecule has 13 nitrogen and oxygen atoms in total. The fourth-order valence-electron chi connectivity index (χ4n) is 7.48. The van der Waals surface area contributed by atoms with Crippen LogP contribution < -0.4 is 31.4 Å². The first-order valence-electron chi connectivity index (χ1n) is 16.8. The minimum atomic E-state index is -4.66. The predicted octanol–water partition coefficient (Wildman–Crippen LogP) is 4.04. The van der Waals surface area contributed by atoms with Gasteiger partial charge in [0.25, 0.3) is 5.56 Å². The summed E-state index contributed by atoms with van der Waals surface area (Å²) in [5, 5.41) is 16.9. The van der Waals surface area contributed by atoms with Gasteiger partial charge < -0.3 is 15.4 Å². The Morgan fingerprint density at radius 2 is 1.94 bits per heavy atom. The van der Waals surface area contributed by atoms with Crippen LogP contribution in [0.1, 0.15) is 50.8 Å². The lowest BCUT2D eigenvalue weighted by molar-refractivity contribution is -0.141. The first kappa shape index (κ1) is 34.3. The van der Waals surface area contributed by atoms with Gasteiger partial charge in [-0.15, -0.1) is 5.10 Å². The van der Waals surface area contributed by atoms with E-state index in [1.54, 1.807) is 36.5 Å². The van der Waals surface area contributed by atoms with Crippen LogP contribution in [0.3, 0.4) is 0 Å². The van der Waals surface area contributed by atoms with Crippen molar-refractivity contribution in [3.63, 3.8) is 0 Å². The Balaban J connectivity index is 1.17. The van der Waals surface area contributed by atoms with E-state index in [1.165, 1.54) is 18.2 Å². The van der Waals surface area contributed by atoms with Gasteiger partial charge in [0.05, 0.1) is 56.0 Å². The third-order valence-electron chi connectivity index (χ3n) is 10.0. The zero-order chi connectivity index (χ0) is 35.0. The van der Waals surface area contributed by atoms with Crippen molar-refractivity contribution in [1.82, 2.24) is 50.6 Å². The molecule has 0 amide bonds. The van der Waals surface area contributed by atoms with Gasteiger partial charge in [0.2, 0.25) is 5.88 Å². The Kier molecular flexibility index (Phi) is 9.78. The van der Waals surface area contributed by atoms with Crippen LogP contribution in [0.25, 0.3) is 16.9 Å². The quantitative estimate of drug-likeness (QED) is 0.276. The maximum Gasteiger partial charge on any atom is 0.436 e. The molecular weight excluding hydrogens is 675 g/mol. The van der Waals surface area contributed by atoms with Crippen molar-refractivity contribution in [2.75, 3.05) is 31.8 Å². The van der Waals surface area contributed by atoms with Gasteiger partial charge in [0.1, 0.15) is 0 Å². The molecule has 3 aliphatic rings. The van der Waals surface area contributed by atoms with Crippen molar-refractivity contribution in [3.05, 3.63) is 70.3 Å². The summed E-state index contributed by atoms with van der Waals surface area (Å²) in [7, 11) is 1.57. The number of halogens is 4. The number of rotatable bonds is 5. The summed E-state index contributed by atoms with van der Waals surface area (Å²) in [6.07, 6.45) is 5.51. The molecule has 3 fully saturated rings. The van der Waals surface area contributed by atoms with E-state index < -0.39 is 11.9 Å². The molecule has 3 saturated heterocycles. The fraction of sp³-hybridized carbons (Fsp3) is 0.515. The molecule has 2 bridgehead atoms. The SMILES string of the molecule is COc1cncc(N2CC3NC[C@H](C)CCC[C@H](n4cnc(-c5cc(Cl)ccc5-n5cc(C(F)(F)F)nn5)cc4=O)C4CC(CCN4)C3N2)n1. The van der Waals surface area contributed by atoms with Gasteiger partial charge >= 0.3 is 6.18 Å². The predicted molar refractivity (Wildman–Crippen MR) is 180 cm³/mol. The van der Waals surface area contributed by atoms with Crippen molar-refractivity contribution < 1.29 is 17.9 Å². The number of methoxy groups -OCH3 is 1. The van der Waals surface area contributed by atoms with E-state index in [2.05, 4.69) is 53.3 Å². The van der Waals surface area contributed by atoms with Gasteiger partial charge in [0, 0.05) is 34.8 Å². The maximum absolute atomic E-state index is 13.9. The number of anilines is 1. The summed E-state index contributed by atoms with van der Waals surface area (Å²) in [6, 6.07) is 6.21.